The molecule has 20 heavy (non-hydrogen) atoms. The van der Waals surface area contributed by atoms with Gasteiger partial charge in [-0.3, -0.25) is 4.68 Å². The molecule has 0 aliphatic heterocycles. The number of fused-ring (bicyclic) bond motifs is 2. The van der Waals surface area contributed by atoms with Crippen LogP contribution in [0.5, 0.6) is 0 Å². The van der Waals surface area contributed by atoms with Crippen molar-refractivity contribution in [3.05, 3.63) is 17.5 Å². The Morgan fingerprint density at radius 1 is 1.35 bits per heavy atom. The topological polar surface area (TPSA) is 29.9 Å². The van der Waals surface area contributed by atoms with E-state index in [0.29, 0.717) is 6.04 Å². The summed E-state index contributed by atoms with van der Waals surface area (Å²) in [5, 5.41) is 8.33. The van der Waals surface area contributed by atoms with Gasteiger partial charge in [0, 0.05) is 13.1 Å². The van der Waals surface area contributed by atoms with Crippen LogP contribution in [0.3, 0.4) is 0 Å². The second-order valence-corrected chi connectivity index (χ2v) is 6.82. The van der Waals surface area contributed by atoms with Crippen LogP contribution in [0, 0.1) is 17.8 Å². The van der Waals surface area contributed by atoms with Gasteiger partial charge in [0.05, 0.1) is 11.4 Å². The summed E-state index contributed by atoms with van der Waals surface area (Å²) in [5.41, 5.74) is 2.60. The number of hydrogen-bond acceptors (Lipinski definition) is 2. The first-order valence-corrected chi connectivity index (χ1v) is 8.47. The number of nitrogens with zero attached hydrogens (tertiary/aromatic N) is 2. The maximum absolute atomic E-state index is 4.63. The summed E-state index contributed by atoms with van der Waals surface area (Å²) in [7, 11) is 2.10. The van der Waals surface area contributed by atoms with Gasteiger partial charge in [0.15, 0.2) is 0 Å². The predicted molar refractivity (Wildman–Crippen MR) is 82.6 cm³/mol. The van der Waals surface area contributed by atoms with Crippen molar-refractivity contribution in [2.75, 3.05) is 6.54 Å². The van der Waals surface area contributed by atoms with Crippen molar-refractivity contribution in [2.45, 2.75) is 58.4 Å². The third-order valence-corrected chi connectivity index (χ3v) is 5.56. The highest BCUT2D eigenvalue weighted by molar-refractivity contribution is 5.15. The molecule has 1 heterocycles. The van der Waals surface area contributed by atoms with Crippen LogP contribution < -0.4 is 5.32 Å². The fourth-order valence-corrected chi connectivity index (χ4v) is 4.57. The maximum atomic E-state index is 4.63. The molecule has 2 saturated carbocycles. The zero-order chi connectivity index (χ0) is 14.1. The van der Waals surface area contributed by atoms with Crippen molar-refractivity contribution in [1.29, 1.82) is 0 Å². The van der Waals surface area contributed by atoms with Gasteiger partial charge in [0.2, 0.25) is 0 Å². The average Bonchev–Trinajstić information content (AvgIpc) is 3.13. The van der Waals surface area contributed by atoms with E-state index in [9.17, 15) is 0 Å². The Kier molecular flexibility index (Phi) is 4.16. The Bertz CT molecular complexity index is 451. The second-order valence-electron chi connectivity index (χ2n) is 6.82. The molecule has 4 atom stereocenters. The summed E-state index contributed by atoms with van der Waals surface area (Å²) < 4.78 is 2.10. The Morgan fingerprint density at radius 2 is 2.20 bits per heavy atom. The Balaban J connectivity index is 1.73. The molecule has 2 bridgehead atoms. The number of nitrogens with one attached hydrogen (secondary N) is 1. The average molecular weight is 275 g/mol. The van der Waals surface area contributed by atoms with E-state index in [1.54, 1.807) is 0 Å². The van der Waals surface area contributed by atoms with Gasteiger partial charge in [-0.25, -0.2) is 0 Å². The summed E-state index contributed by atoms with van der Waals surface area (Å²) >= 11 is 0. The third kappa shape index (κ3) is 2.65. The minimum absolute atomic E-state index is 0.488. The summed E-state index contributed by atoms with van der Waals surface area (Å²) in [5.74, 6) is 3.00. The van der Waals surface area contributed by atoms with Gasteiger partial charge in [-0.2, -0.15) is 5.10 Å². The van der Waals surface area contributed by atoms with Crippen LogP contribution in [0.25, 0.3) is 0 Å². The zero-order valence-corrected chi connectivity index (χ0v) is 13.2. The largest absolute Gasteiger partial charge is 0.309 e. The first kappa shape index (κ1) is 14.1. The van der Waals surface area contributed by atoms with Crippen molar-refractivity contribution in [3.8, 4) is 0 Å². The van der Waals surface area contributed by atoms with Crippen molar-refractivity contribution >= 4 is 0 Å². The third-order valence-electron chi connectivity index (χ3n) is 5.56. The molecule has 2 aliphatic carbocycles. The fraction of sp³-hybridized carbons (Fsp3) is 0.824. The Hall–Kier alpha value is -0.830. The predicted octanol–water partition coefficient (Wildman–Crippen LogP) is 3.46. The van der Waals surface area contributed by atoms with Gasteiger partial charge in [-0.1, -0.05) is 20.3 Å². The van der Waals surface area contributed by atoms with E-state index in [-0.39, 0.29) is 0 Å². The van der Waals surface area contributed by atoms with Crippen LogP contribution in [-0.4, -0.2) is 16.3 Å². The lowest BCUT2D eigenvalue weighted by atomic mass is 9.83. The van der Waals surface area contributed by atoms with Crippen LogP contribution in [0.4, 0.5) is 0 Å². The van der Waals surface area contributed by atoms with E-state index in [1.165, 1.54) is 43.5 Å². The molecule has 0 saturated heterocycles. The lowest BCUT2D eigenvalue weighted by Gasteiger charge is -2.27. The molecule has 112 valence electrons. The minimum atomic E-state index is 0.488. The molecule has 2 aliphatic rings. The molecule has 3 nitrogen and oxygen atoms in total. The van der Waals surface area contributed by atoms with Crippen LogP contribution in [0.15, 0.2) is 6.07 Å². The molecule has 1 aromatic rings. The summed E-state index contributed by atoms with van der Waals surface area (Å²) in [6.45, 7) is 5.44. The van der Waals surface area contributed by atoms with Gasteiger partial charge in [0.1, 0.15) is 0 Å². The molecule has 0 spiro atoms. The first-order chi connectivity index (χ1) is 9.71. The number of aryl methyl sites for hydroxylation is 2. The first-order valence-electron chi connectivity index (χ1n) is 8.47. The van der Waals surface area contributed by atoms with E-state index in [2.05, 4.69) is 42.1 Å². The highest BCUT2D eigenvalue weighted by atomic mass is 15.3. The zero-order valence-electron chi connectivity index (χ0n) is 13.2. The number of hydrogen-bond donors (Lipinski definition) is 1. The van der Waals surface area contributed by atoms with Crippen molar-refractivity contribution in [2.24, 2.45) is 24.8 Å². The highest BCUT2D eigenvalue weighted by Gasteiger charge is 2.40. The monoisotopic (exact) mass is 275 g/mol. The molecule has 1 N–H and O–H groups in total. The van der Waals surface area contributed by atoms with Crippen molar-refractivity contribution in [1.82, 2.24) is 15.1 Å². The van der Waals surface area contributed by atoms with E-state index < -0.39 is 0 Å². The molecular weight excluding hydrogens is 246 g/mol. The standard InChI is InChI=1S/C17H29N3/c1-4-15-11-17(20(3)19-15)16(18-5-2)10-14-9-12-6-7-13(14)8-12/h11-14,16,18H,4-10H2,1-3H3. The molecule has 1 aromatic heterocycles. The van der Waals surface area contributed by atoms with Crippen LogP contribution in [0.2, 0.25) is 0 Å². The summed E-state index contributed by atoms with van der Waals surface area (Å²) in [6, 6.07) is 2.79. The lowest BCUT2D eigenvalue weighted by molar-refractivity contribution is 0.276. The van der Waals surface area contributed by atoms with Gasteiger partial charge in [-0.15, -0.1) is 0 Å². The van der Waals surface area contributed by atoms with Gasteiger partial charge >= 0.3 is 0 Å². The van der Waals surface area contributed by atoms with Crippen molar-refractivity contribution in [3.63, 3.8) is 0 Å². The SMILES string of the molecule is CCNC(CC1CC2CCC1C2)c1cc(CC)nn1C. The normalized spacial score (nSPS) is 30.1. The second kappa shape index (κ2) is 5.88. The molecular formula is C17H29N3. The maximum Gasteiger partial charge on any atom is 0.0625 e. The van der Waals surface area contributed by atoms with Gasteiger partial charge in [0.25, 0.3) is 0 Å². The van der Waals surface area contributed by atoms with E-state index >= 15 is 0 Å². The number of rotatable bonds is 6. The van der Waals surface area contributed by atoms with Crippen LogP contribution >= 0.6 is 0 Å². The molecule has 3 heteroatoms. The lowest BCUT2D eigenvalue weighted by Crippen LogP contribution is -2.27. The molecule has 0 amide bonds. The van der Waals surface area contributed by atoms with E-state index in [0.717, 1.165) is 30.7 Å². The number of aromatic nitrogens is 2. The highest BCUT2D eigenvalue weighted by Crippen LogP contribution is 2.50. The quantitative estimate of drug-likeness (QED) is 0.861. The summed E-state index contributed by atoms with van der Waals surface area (Å²) in [6.07, 6.45) is 8.30. The Labute approximate surface area is 123 Å². The molecule has 0 radical (unpaired) electrons. The van der Waals surface area contributed by atoms with Crippen molar-refractivity contribution < 1.29 is 0 Å². The molecule has 4 unspecified atom stereocenters. The Morgan fingerprint density at radius 3 is 2.75 bits per heavy atom. The van der Waals surface area contributed by atoms with E-state index in [1.807, 2.05) is 0 Å². The summed E-state index contributed by atoms with van der Waals surface area (Å²) in [4.78, 5) is 0. The van der Waals surface area contributed by atoms with Gasteiger partial charge in [-0.05, 0) is 62.5 Å². The molecule has 3 rings (SSSR count). The minimum Gasteiger partial charge on any atom is -0.309 e. The van der Waals surface area contributed by atoms with Crippen LogP contribution in [0.1, 0.15) is 63.4 Å². The molecule has 0 aromatic carbocycles. The van der Waals surface area contributed by atoms with Gasteiger partial charge < -0.3 is 5.32 Å². The molecule has 2 fully saturated rings. The van der Waals surface area contributed by atoms with Crippen LogP contribution in [-0.2, 0) is 13.5 Å². The van der Waals surface area contributed by atoms with E-state index in [4.69, 9.17) is 0 Å². The fourth-order valence-electron chi connectivity index (χ4n) is 4.57. The smallest absolute Gasteiger partial charge is 0.0625 e.